The number of nitrogens with zero attached hydrogens (tertiary/aromatic N) is 2. The number of benzene rings is 2. The van der Waals surface area contributed by atoms with Crippen molar-refractivity contribution in [2.75, 3.05) is 18.2 Å². The number of carbonyl (C=O) groups excluding carboxylic acids is 1. The van der Waals surface area contributed by atoms with Gasteiger partial charge in [0.15, 0.2) is 0 Å². The second-order valence-electron chi connectivity index (χ2n) is 5.10. The van der Waals surface area contributed by atoms with Gasteiger partial charge < -0.3 is 9.15 Å². The Morgan fingerprint density at radius 3 is 2.60 bits per heavy atom. The molecule has 0 unspecified atom stereocenters. The van der Waals surface area contributed by atoms with Gasteiger partial charge in [-0.1, -0.05) is 23.3 Å². The van der Waals surface area contributed by atoms with Crippen molar-refractivity contribution in [3.8, 4) is 17.2 Å². The predicted molar refractivity (Wildman–Crippen MR) is 96.7 cm³/mol. The van der Waals surface area contributed by atoms with E-state index in [0.717, 1.165) is 16.2 Å². The van der Waals surface area contributed by atoms with Crippen LogP contribution in [0.2, 0.25) is 0 Å². The van der Waals surface area contributed by atoms with Gasteiger partial charge in [0, 0.05) is 22.6 Å². The molecule has 0 saturated heterocycles. The van der Waals surface area contributed by atoms with E-state index in [9.17, 15) is 4.79 Å². The predicted octanol–water partition coefficient (Wildman–Crippen LogP) is 3.87. The molecule has 0 bridgehead atoms. The van der Waals surface area contributed by atoms with Crippen LogP contribution >= 0.6 is 11.8 Å². The van der Waals surface area contributed by atoms with Crippen LogP contribution in [0, 0.1) is 0 Å². The van der Waals surface area contributed by atoms with E-state index in [2.05, 4.69) is 15.5 Å². The van der Waals surface area contributed by atoms with E-state index in [1.807, 2.05) is 54.6 Å². The van der Waals surface area contributed by atoms with Crippen LogP contribution in [0.3, 0.4) is 0 Å². The molecule has 0 saturated carbocycles. The number of methoxy groups -OCH3 is 1. The summed E-state index contributed by atoms with van der Waals surface area (Å²) < 4.78 is 10.6. The Bertz CT molecular complexity index is 819. The molecule has 1 amide bonds. The summed E-state index contributed by atoms with van der Waals surface area (Å²) in [5.41, 5.74) is 0.811. The normalized spacial score (nSPS) is 10.4. The van der Waals surface area contributed by atoms with E-state index in [1.165, 1.54) is 0 Å². The number of carbonyl (C=O) groups is 1. The molecule has 128 valence electrons. The summed E-state index contributed by atoms with van der Waals surface area (Å²) in [6, 6.07) is 17.2. The number of anilines is 1. The van der Waals surface area contributed by atoms with E-state index >= 15 is 0 Å². The third-order valence-electron chi connectivity index (χ3n) is 3.35. The van der Waals surface area contributed by atoms with Gasteiger partial charge in [-0.3, -0.25) is 10.1 Å². The van der Waals surface area contributed by atoms with Gasteiger partial charge in [0.05, 0.1) is 7.11 Å². The zero-order chi connectivity index (χ0) is 17.5. The number of hydrogen-bond donors (Lipinski definition) is 1. The molecule has 1 aromatic heterocycles. The average molecular weight is 355 g/mol. The Morgan fingerprint density at radius 2 is 1.88 bits per heavy atom. The lowest BCUT2D eigenvalue weighted by Gasteiger charge is -2.03. The third kappa shape index (κ3) is 4.84. The highest BCUT2D eigenvalue weighted by Crippen LogP contribution is 2.22. The topological polar surface area (TPSA) is 77.2 Å². The summed E-state index contributed by atoms with van der Waals surface area (Å²) in [5.74, 6) is 1.68. The molecular formula is C18H17N3O3S. The molecule has 2 aromatic carbocycles. The van der Waals surface area contributed by atoms with Gasteiger partial charge in [0.1, 0.15) is 5.75 Å². The van der Waals surface area contributed by atoms with Gasteiger partial charge in [0.2, 0.25) is 11.8 Å². The minimum absolute atomic E-state index is 0.110. The fourth-order valence-electron chi connectivity index (χ4n) is 2.09. The second kappa shape index (κ2) is 8.34. The van der Waals surface area contributed by atoms with Crippen LogP contribution in [0.4, 0.5) is 6.01 Å². The number of rotatable bonds is 7. The molecule has 0 radical (unpaired) electrons. The lowest BCUT2D eigenvalue weighted by atomic mass is 10.2. The summed E-state index contributed by atoms with van der Waals surface area (Å²) in [6.45, 7) is 0. The highest BCUT2D eigenvalue weighted by molar-refractivity contribution is 7.99. The fraction of sp³-hybridized carbons (Fsp3) is 0.167. The highest BCUT2D eigenvalue weighted by Gasteiger charge is 2.11. The minimum Gasteiger partial charge on any atom is -0.497 e. The van der Waals surface area contributed by atoms with Crippen molar-refractivity contribution >= 4 is 23.7 Å². The number of aromatic nitrogens is 2. The number of thioether (sulfide) groups is 1. The molecule has 7 heteroatoms. The quantitative estimate of drug-likeness (QED) is 0.648. The SMILES string of the molecule is COc1ccc(SCCC(=O)Nc2nnc(-c3ccccc3)o2)cc1. The molecule has 3 rings (SSSR count). The van der Waals surface area contributed by atoms with E-state index in [-0.39, 0.29) is 11.9 Å². The van der Waals surface area contributed by atoms with Gasteiger partial charge in [-0.15, -0.1) is 16.9 Å². The first-order valence-electron chi connectivity index (χ1n) is 7.70. The average Bonchev–Trinajstić information content (AvgIpc) is 3.11. The summed E-state index contributed by atoms with van der Waals surface area (Å²) in [4.78, 5) is 13.1. The molecule has 1 N–H and O–H groups in total. The maximum atomic E-state index is 12.0. The number of ether oxygens (including phenoxy) is 1. The number of nitrogens with one attached hydrogen (secondary N) is 1. The second-order valence-corrected chi connectivity index (χ2v) is 6.27. The minimum atomic E-state index is -0.163. The Labute approximate surface area is 149 Å². The highest BCUT2D eigenvalue weighted by atomic mass is 32.2. The van der Waals surface area contributed by atoms with E-state index in [0.29, 0.717) is 18.1 Å². The van der Waals surface area contributed by atoms with Crippen LogP contribution in [0.5, 0.6) is 5.75 Å². The number of amides is 1. The summed E-state index contributed by atoms with van der Waals surface area (Å²) in [5, 5.41) is 10.4. The van der Waals surface area contributed by atoms with Gasteiger partial charge in [-0.2, -0.15) is 0 Å². The first-order chi connectivity index (χ1) is 12.2. The van der Waals surface area contributed by atoms with Crippen molar-refractivity contribution in [3.05, 3.63) is 54.6 Å². The maximum absolute atomic E-state index is 12.0. The lowest BCUT2D eigenvalue weighted by molar-refractivity contribution is -0.115. The van der Waals surface area contributed by atoms with Crippen LogP contribution in [0.1, 0.15) is 6.42 Å². The van der Waals surface area contributed by atoms with Gasteiger partial charge in [-0.25, -0.2) is 0 Å². The van der Waals surface area contributed by atoms with Gasteiger partial charge in [-0.05, 0) is 36.4 Å². The Balaban J connectivity index is 1.47. The summed E-state index contributed by atoms with van der Waals surface area (Å²) >= 11 is 1.60. The van der Waals surface area contributed by atoms with Crippen LogP contribution in [0.25, 0.3) is 11.5 Å². The summed E-state index contributed by atoms with van der Waals surface area (Å²) in [7, 11) is 1.63. The van der Waals surface area contributed by atoms with Crippen molar-refractivity contribution in [3.63, 3.8) is 0 Å². The molecule has 1 heterocycles. The zero-order valence-electron chi connectivity index (χ0n) is 13.6. The monoisotopic (exact) mass is 355 g/mol. The van der Waals surface area contributed by atoms with E-state index in [4.69, 9.17) is 9.15 Å². The smallest absolute Gasteiger partial charge is 0.322 e. The third-order valence-corrected chi connectivity index (χ3v) is 4.36. The molecule has 6 nitrogen and oxygen atoms in total. The molecule has 25 heavy (non-hydrogen) atoms. The van der Waals surface area contributed by atoms with Crippen molar-refractivity contribution in [2.45, 2.75) is 11.3 Å². The van der Waals surface area contributed by atoms with Gasteiger partial charge >= 0.3 is 6.01 Å². The van der Waals surface area contributed by atoms with Crippen molar-refractivity contribution in [2.24, 2.45) is 0 Å². The molecular weight excluding hydrogens is 338 g/mol. The van der Waals surface area contributed by atoms with E-state index in [1.54, 1.807) is 18.9 Å². The first kappa shape index (κ1) is 17.0. The lowest BCUT2D eigenvalue weighted by Crippen LogP contribution is -2.12. The first-order valence-corrected chi connectivity index (χ1v) is 8.69. The Hall–Kier alpha value is -2.80. The Kier molecular flexibility index (Phi) is 5.69. The summed E-state index contributed by atoms with van der Waals surface area (Å²) in [6.07, 6.45) is 0.347. The molecule has 0 aliphatic carbocycles. The molecule has 3 aromatic rings. The standard InChI is InChI=1S/C18H17N3O3S/c1-23-14-7-9-15(10-8-14)25-12-11-16(22)19-18-21-20-17(24-18)13-5-3-2-4-6-13/h2-10H,11-12H2,1H3,(H,19,21,22). The molecule has 0 spiro atoms. The van der Waals surface area contributed by atoms with Crippen molar-refractivity contribution in [1.82, 2.24) is 10.2 Å². The zero-order valence-corrected chi connectivity index (χ0v) is 14.5. The molecule has 0 fully saturated rings. The largest absolute Gasteiger partial charge is 0.497 e. The van der Waals surface area contributed by atoms with E-state index < -0.39 is 0 Å². The maximum Gasteiger partial charge on any atom is 0.322 e. The van der Waals surface area contributed by atoms with Gasteiger partial charge in [0.25, 0.3) is 0 Å². The van der Waals surface area contributed by atoms with Crippen molar-refractivity contribution < 1.29 is 13.9 Å². The number of hydrogen-bond acceptors (Lipinski definition) is 6. The van der Waals surface area contributed by atoms with Crippen LogP contribution in [-0.2, 0) is 4.79 Å². The molecule has 0 aliphatic rings. The van der Waals surface area contributed by atoms with Crippen molar-refractivity contribution in [1.29, 1.82) is 0 Å². The molecule has 0 atom stereocenters. The van der Waals surface area contributed by atoms with Crippen LogP contribution in [0.15, 0.2) is 63.9 Å². The van der Waals surface area contributed by atoms with Crippen LogP contribution in [-0.4, -0.2) is 29.0 Å². The molecule has 0 aliphatic heterocycles. The van der Waals surface area contributed by atoms with Crippen LogP contribution < -0.4 is 10.1 Å². The fourth-order valence-corrected chi connectivity index (χ4v) is 2.94. The Morgan fingerprint density at radius 1 is 1.12 bits per heavy atom.